The molecule has 0 saturated carbocycles. The van der Waals surface area contributed by atoms with Crippen molar-refractivity contribution >= 4 is 94.1 Å². The maximum absolute atomic E-state index is 5.74. The standard InChI is InChI=1S/C20H30O5S8/c1-26-15-17-28-13-11-24-9-7-22-5-3-21-4-6-23-8-10-25-12-14-29-18-16(27-2)31-20(33-18)19(30-15)32-17/h3-14H2,1-2H3. The maximum Gasteiger partial charge on any atom is 0.0717 e. The molecule has 0 aromatic rings. The molecule has 188 valence electrons. The first-order chi connectivity index (χ1) is 16.3. The van der Waals surface area contributed by atoms with Crippen LogP contribution in [-0.4, -0.2) is 90.1 Å². The molecule has 0 aromatic heterocycles. The first-order valence-corrected chi connectivity index (χ1v) is 18.2. The highest BCUT2D eigenvalue weighted by Gasteiger charge is 2.30. The van der Waals surface area contributed by atoms with Gasteiger partial charge in [0.25, 0.3) is 0 Å². The van der Waals surface area contributed by atoms with Crippen molar-refractivity contribution < 1.29 is 23.7 Å². The third-order valence-corrected chi connectivity index (χ3v) is 15.2. The number of thioether (sulfide) groups is 8. The molecular weight excluding hydrogens is 577 g/mol. The summed E-state index contributed by atoms with van der Waals surface area (Å²) in [6.07, 6.45) is 4.33. The van der Waals surface area contributed by atoms with E-state index in [4.69, 9.17) is 23.7 Å². The number of hydrogen-bond donors (Lipinski definition) is 0. The molecule has 0 fully saturated rings. The van der Waals surface area contributed by atoms with E-state index in [1.807, 2.05) is 94.1 Å². The molecule has 0 unspecified atom stereocenters. The van der Waals surface area contributed by atoms with Gasteiger partial charge in [-0.25, -0.2) is 0 Å². The first kappa shape index (κ1) is 29.4. The van der Waals surface area contributed by atoms with Crippen LogP contribution >= 0.6 is 94.1 Å². The predicted molar refractivity (Wildman–Crippen MR) is 157 cm³/mol. The van der Waals surface area contributed by atoms with E-state index in [0.717, 1.165) is 24.7 Å². The minimum absolute atomic E-state index is 0.579. The Kier molecular flexibility index (Phi) is 16.1. The van der Waals surface area contributed by atoms with Crippen LogP contribution in [0.25, 0.3) is 0 Å². The SMILES string of the molecule is CSC1=C2SCCOCCOCCOCCOCCOCCSC3=C(SC)SC(=C(S1)S2)S3. The van der Waals surface area contributed by atoms with Gasteiger partial charge < -0.3 is 23.7 Å². The Hall–Kier alpha value is 1.82. The van der Waals surface area contributed by atoms with Crippen molar-refractivity contribution in [1.82, 2.24) is 0 Å². The summed E-state index contributed by atoms with van der Waals surface area (Å²) in [6.45, 7) is 6.21. The van der Waals surface area contributed by atoms with Gasteiger partial charge in [-0.2, -0.15) is 0 Å². The van der Waals surface area contributed by atoms with Crippen LogP contribution in [-0.2, 0) is 23.7 Å². The lowest BCUT2D eigenvalue weighted by atomic mass is 10.7. The summed E-state index contributed by atoms with van der Waals surface area (Å²) in [4.78, 5) is 0. The minimum Gasteiger partial charge on any atom is -0.378 e. The lowest BCUT2D eigenvalue weighted by Gasteiger charge is -2.08. The Morgan fingerprint density at radius 3 is 1.12 bits per heavy atom. The second kappa shape index (κ2) is 18.1. The summed E-state index contributed by atoms with van der Waals surface area (Å²) >= 11 is 15.2. The van der Waals surface area contributed by atoms with Gasteiger partial charge in [-0.05, 0) is 12.5 Å². The van der Waals surface area contributed by atoms with Gasteiger partial charge in [-0.3, -0.25) is 0 Å². The normalized spacial score (nSPS) is 24.2. The third-order valence-electron chi connectivity index (χ3n) is 4.02. The minimum atomic E-state index is 0.579. The summed E-state index contributed by atoms with van der Waals surface area (Å²) in [6, 6.07) is 0. The van der Waals surface area contributed by atoms with E-state index in [2.05, 4.69) is 12.5 Å². The van der Waals surface area contributed by atoms with Crippen molar-refractivity contribution in [3.63, 3.8) is 0 Å². The molecule has 0 saturated heterocycles. The smallest absolute Gasteiger partial charge is 0.0717 e. The number of ether oxygens (including phenoxy) is 5. The number of rotatable bonds is 2. The molecule has 13 heteroatoms. The van der Waals surface area contributed by atoms with Crippen LogP contribution < -0.4 is 0 Å². The zero-order valence-corrected chi connectivity index (χ0v) is 25.3. The zero-order valence-electron chi connectivity index (χ0n) is 18.8. The van der Waals surface area contributed by atoms with Gasteiger partial charge in [0.05, 0.1) is 91.5 Å². The maximum atomic E-state index is 5.74. The van der Waals surface area contributed by atoms with Crippen LogP contribution in [0.3, 0.4) is 0 Å². The molecule has 3 heterocycles. The Morgan fingerprint density at radius 2 is 0.788 bits per heavy atom. The third kappa shape index (κ3) is 11.0. The van der Waals surface area contributed by atoms with E-state index in [9.17, 15) is 0 Å². The Morgan fingerprint density at radius 1 is 0.455 bits per heavy atom. The predicted octanol–water partition coefficient (Wildman–Crippen LogP) is 6.62. The molecule has 0 spiro atoms. The van der Waals surface area contributed by atoms with E-state index >= 15 is 0 Å². The molecule has 3 aliphatic heterocycles. The van der Waals surface area contributed by atoms with Crippen molar-refractivity contribution in [2.24, 2.45) is 0 Å². The van der Waals surface area contributed by atoms with Crippen LogP contribution in [0.5, 0.6) is 0 Å². The topological polar surface area (TPSA) is 46.2 Å². The van der Waals surface area contributed by atoms with Crippen LogP contribution in [0.2, 0.25) is 0 Å². The van der Waals surface area contributed by atoms with Crippen molar-refractivity contribution in [3.8, 4) is 0 Å². The first-order valence-electron chi connectivity index (χ1n) is 10.5. The van der Waals surface area contributed by atoms with Gasteiger partial charge in [0.2, 0.25) is 0 Å². The summed E-state index contributed by atoms with van der Waals surface area (Å²) in [5, 5.41) is 0. The molecule has 0 amide bonds. The Bertz CT molecular complexity index is 644. The molecule has 3 aliphatic rings. The van der Waals surface area contributed by atoms with Gasteiger partial charge >= 0.3 is 0 Å². The molecule has 0 N–H and O–H groups in total. The molecule has 33 heavy (non-hydrogen) atoms. The summed E-state index contributed by atoms with van der Waals surface area (Å²) in [5.41, 5.74) is 0. The molecule has 0 radical (unpaired) electrons. The monoisotopic (exact) mass is 606 g/mol. The Balaban J connectivity index is 1.52. The fourth-order valence-electron chi connectivity index (χ4n) is 2.51. The number of fused-ring (bicyclic) bond motifs is 4. The van der Waals surface area contributed by atoms with Crippen molar-refractivity contribution in [1.29, 1.82) is 0 Å². The lowest BCUT2D eigenvalue weighted by molar-refractivity contribution is -0.00902. The van der Waals surface area contributed by atoms with E-state index < -0.39 is 0 Å². The highest BCUT2D eigenvalue weighted by Crippen LogP contribution is 2.65. The largest absolute Gasteiger partial charge is 0.378 e. The fraction of sp³-hybridized carbons (Fsp3) is 0.700. The second-order valence-electron chi connectivity index (χ2n) is 6.30. The highest BCUT2D eigenvalue weighted by atomic mass is 32.3. The molecule has 5 nitrogen and oxygen atoms in total. The van der Waals surface area contributed by atoms with E-state index in [1.54, 1.807) is 0 Å². The van der Waals surface area contributed by atoms with Gasteiger partial charge in [-0.1, -0.05) is 47.0 Å². The number of hydrogen-bond acceptors (Lipinski definition) is 13. The average Bonchev–Trinajstić information content (AvgIpc) is 3.43. The fourth-order valence-corrected chi connectivity index (χ4v) is 13.5. The van der Waals surface area contributed by atoms with Crippen LogP contribution in [0.1, 0.15) is 0 Å². The summed E-state index contributed by atoms with van der Waals surface area (Å²) in [5.74, 6) is 1.91. The van der Waals surface area contributed by atoms with Crippen molar-refractivity contribution in [3.05, 3.63) is 25.4 Å². The van der Waals surface area contributed by atoms with Crippen molar-refractivity contribution in [2.45, 2.75) is 0 Å². The summed E-state index contributed by atoms with van der Waals surface area (Å²) in [7, 11) is 0. The average molecular weight is 607 g/mol. The Labute approximate surface area is 231 Å². The van der Waals surface area contributed by atoms with Crippen LogP contribution in [0.4, 0.5) is 0 Å². The van der Waals surface area contributed by atoms with E-state index in [1.165, 1.54) is 25.4 Å². The molecule has 0 aliphatic carbocycles. The van der Waals surface area contributed by atoms with Gasteiger partial charge in [0.1, 0.15) is 0 Å². The van der Waals surface area contributed by atoms with E-state index in [0.29, 0.717) is 52.9 Å². The lowest BCUT2D eigenvalue weighted by Crippen LogP contribution is -2.13. The van der Waals surface area contributed by atoms with Gasteiger partial charge in [-0.15, -0.1) is 47.0 Å². The molecule has 0 atom stereocenters. The highest BCUT2D eigenvalue weighted by molar-refractivity contribution is 8.45. The summed E-state index contributed by atoms with van der Waals surface area (Å²) < 4.78 is 36.5. The molecule has 0 aromatic carbocycles. The van der Waals surface area contributed by atoms with Crippen LogP contribution in [0.15, 0.2) is 25.4 Å². The molecular formula is C20H30O5S8. The van der Waals surface area contributed by atoms with Gasteiger partial charge in [0, 0.05) is 11.5 Å². The second-order valence-corrected chi connectivity index (χ2v) is 15.8. The van der Waals surface area contributed by atoms with E-state index in [-0.39, 0.29) is 0 Å². The van der Waals surface area contributed by atoms with Crippen LogP contribution in [0, 0.1) is 0 Å². The van der Waals surface area contributed by atoms with Gasteiger partial charge in [0.15, 0.2) is 0 Å². The quantitative estimate of drug-likeness (QED) is 0.339. The molecule has 3 rings (SSSR count). The zero-order chi connectivity index (χ0) is 23.1. The molecule has 4 bridgehead atoms. The van der Waals surface area contributed by atoms with Crippen molar-refractivity contribution in [2.75, 3.05) is 90.1 Å².